The Bertz CT molecular complexity index is 1110. The maximum atomic E-state index is 10.5. The van der Waals surface area contributed by atoms with Gasteiger partial charge in [-0.25, -0.2) is 4.79 Å². The van der Waals surface area contributed by atoms with Gasteiger partial charge in [0.25, 0.3) is 0 Å². The van der Waals surface area contributed by atoms with Crippen LogP contribution in [0, 0.1) is 0 Å². The molecule has 1 aliphatic heterocycles. The molecule has 3 atom stereocenters. The number of nitrogens with zero attached hydrogens (tertiary/aromatic N) is 2. The number of hydrogen-bond acceptors (Lipinski definition) is 6. The number of ether oxygens (including phenoxy) is 1. The van der Waals surface area contributed by atoms with Crippen molar-refractivity contribution in [2.75, 3.05) is 53.0 Å². The van der Waals surface area contributed by atoms with Crippen LogP contribution < -0.4 is 5.32 Å². The van der Waals surface area contributed by atoms with E-state index in [1.807, 2.05) is 62.5 Å². The van der Waals surface area contributed by atoms with Gasteiger partial charge in [-0.3, -0.25) is 9.80 Å². The first-order chi connectivity index (χ1) is 18.9. The predicted molar refractivity (Wildman–Crippen MR) is 178 cm³/mol. The molecule has 11 heteroatoms. The summed E-state index contributed by atoms with van der Waals surface area (Å²) < 4.78 is 5.15. The summed E-state index contributed by atoms with van der Waals surface area (Å²) in [5.74, 6) is -0.923. The Morgan fingerprint density at radius 1 is 0.857 bits per heavy atom. The van der Waals surface area contributed by atoms with Gasteiger partial charge in [-0.05, 0) is 42.8 Å². The summed E-state index contributed by atoms with van der Waals surface area (Å²) in [6.45, 7) is 6.71. The number of benzene rings is 3. The average molecular weight is 664 g/mol. The van der Waals surface area contributed by atoms with Crippen molar-refractivity contribution in [3.8, 4) is 0 Å². The van der Waals surface area contributed by atoms with E-state index in [1.54, 1.807) is 0 Å². The molecule has 3 unspecified atom stereocenters. The van der Waals surface area contributed by atoms with Crippen LogP contribution in [0.4, 0.5) is 0 Å². The minimum atomic E-state index is -0.923. The normalized spacial score (nSPS) is 15.3. The molecule has 1 heterocycles. The maximum Gasteiger partial charge on any atom is 0.329 e. The highest BCUT2D eigenvalue weighted by atomic mass is 35.5. The molecule has 0 aromatic heterocycles. The first kappa shape index (κ1) is 40.1. The zero-order chi connectivity index (χ0) is 28.0. The average Bonchev–Trinajstić information content (AvgIpc) is 2.97. The summed E-state index contributed by atoms with van der Waals surface area (Å²) in [5.41, 5.74) is 3.47. The minimum absolute atomic E-state index is 0. The lowest BCUT2D eigenvalue weighted by Crippen LogP contribution is -2.48. The molecule has 234 valence electrons. The maximum absolute atomic E-state index is 10.5. The molecule has 42 heavy (non-hydrogen) atoms. The van der Waals surface area contributed by atoms with E-state index in [1.165, 1.54) is 11.1 Å². The van der Waals surface area contributed by atoms with Gasteiger partial charge in [-0.1, -0.05) is 84.4 Å². The van der Waals surface area contributed by atoms with Gasteiger partial charge in [-0.2, -0.15) is 0 Å². The van der Waals surface area contributed by atoms with E-state index in [9.17, 15) is 9.90 Å². The number of nitrogens with one attached hydrogen (secondary N) is 1. The highest BCUT2D eigenvalue weighted by Crippen LogP contribution is 2.30. The third-order valence-electron chi connectivity index (χ3n) is 6.92. The lowest BCUT2D eigenvalue weighted by Gasteiger charge is -2.39. The quantitative estimate of drug-likeness (QED) is 0.226. The van der Waals surface area contributed by atoms with Crippen LogP contribution in [0.2, 0.25) is 5.02 Å². The summed E-state index contributed by atoms with van der Waals surface area (Å²) in [6, 6.07) is 28.6. The number of aliphatic hydroxyl groups excluding tert-OH is 1. The van der Waals surface area contributed by atoms with E-state index in [0.717, 1.165) is 43.3 Å². The molecule has 7 nitrogen and oxygen atoms in total. The van der Waals surface area contributed by atoms with Crippen LogP contribution in [-0.4, -0.2) is 85.0 Å². The van der Waals surface area contributed by atoms with Gasteiger partial charge in [0.2, 0.25) is 0 Å². The largest absolute Gasteiger partial charge is 0.480 e. The van der Waals surface area contributed by atoms with Crippen LogP contribution in [0.1, 0.15) is 35.8 Å². The first-order valence-corrected chi connectivity index (χ1v) is 13.7. The number of likely N-dealkylation sites (N-methyl/N-ethyl adjacent to an activating group) is 1. The molecule has 0 radical (unpaired) electrons. The van der Waals surface area contributed by atoms with E-state index >= 15 is 0 Å². The molecule has 0 saturated carbocycles. The van der Waals surface area contributed by atoms with Gasteiger partial charge in [0.15, 0.2) is 0 Å². The molecule has 0 spiro atoms. The summed E-state index contributed by atoms with van der Waals surface area (Å²) in [5, 5.41) is 22.1. The highest BCUT2D eigenvalue weighted by Gasteiger charge is 2.26. The fourth-order valence-electron chi connectivity index (χ4n) is 4.59. The second kappa shape index (κ2) is 21.7. The van der Waals surface area contributed by atoms with Gasteiger partial charge >= 0.3 is 5.97 Å². The molecule has 1 saturated heterocycles. The van der Waals surface area contributed by atoms with Gasteiger partial charge in [0.05, 0.1) is 18.8 Å². The predicted octanol–water partition coefficient (Wildman–Crippen LogP) is 5.74. The van der Waals surface area contributed by atoms with Crippen molar-refractivity contribution in [1.82, 2.24) is 15.1 Å². The fraction of sp³-hybridized carbons (Fsp3) is 0.387. The summed E-state index contributed by atoms with van der Waals surface area (Å²) in [4.78, 5) is 15.3. The van der Waals surface area contributed by atoms with Gasteiger partial charge in [0.1, 0.15) is 6.61 Å². The number of hydrogen-bond donors (Lipinski definition) is 3. The van der Waals surface area contributed by atoms with Crippen molar-refractivity contribution >= 4 is 54.8 Å². The van der Waals surface area contributed by atoms with Crippen molar-refractivity contribution in [2.45, 2.75) is 25.1 Å². The zero-order valence-corrected chi connectivity index (χ0v) is 27.2. The highest BCUT2D eigenvalue weighted by molar-refractivity contribution is 6.30. The summed E-state index contributed by atoms with van der Waals surface area (Å²) in [6.07, 6.45) is -0.420. The smallest absolute Gasteiger partial charge is 0.329 e. The van der Waals surface area contributed by atoms with E-state index < -0.39 is 12.1 Å². The molecule has 0 aliphatic carbocycles. The van der Waals surface area contributed by atoms with Crippen LogP contribution in [0.15, 0.2) is 84.9 Å². The second-order valence-electron chi connectivity index (χ2n) is 9.62. The SMILES string of the molecule is CNC(C)C(O)c1ccccc1.Cl.Cl.Cl.O=C(O)COCCN1CCN(C(c2ccccc2)c2ccc(Cl)cc2)CC1. The molecule has 0 bridgehead atoms. The third kappa shape index (κ3) is 13.2. The molecule has 1 aliphatic rings. The van der Waals surface area contributed by atoms with Crippen molar-refractivity contribution in [1.29, 1.82) is 0 Å². The standard InChI is InChI=1S/C21H25ClN2O3.C10H15NO.3ClH/c22-19-8-6-18(7-9-19)21(17-4-2-1-3-5-17)24-12-10-23(11-13-24)14-15-27-16-20(25)26;1-8(11-2)10(12)9-6-4-3-5-7-9;;;/h1-9,21H,10-16H2,(H,25,26);3-8,10-12H,1-2H3;3*1H. The van der Waals surface area contributed by atoms with Crippen molar-refractivity contribution < 1.29 is 19.7 Å². The van der Waals surface area contributed by atoms with Crippen LogP contribution in [0.25, 0.3) is 0 Å². The molecule has 3 N–H and O–H groups in total. The Kier molecular flexibility index (Phi) is 20.7. The molecular formula is C31H43Cl4N3O4. The minimum Gasteiger partial charge on any atom is -0.480 e. The first-order valence-electron chi connectivity index (χ1n) is 13.4. The molecule has 3 aromatic rings. The summed E-state index contributed by atoms with van der Waals surface area (Å²) in [7, 11) is 1.84. The summed E-state index contributed by atoms with van der Waals surface area (Å²) >= 11 is 6.08. The van der Waals surface area contributed by atoms with Gasteiger partial charge in [-0.15, -0.1) is 37.2 Å². The topological polar surface area (TPSA) is 85.3 Å². The molecule has 0 amide bonds. The number of aliphatic carboxylic acids is 1. The Morgan fingerprint density at radius 3 is 1.86 bits per heavy atom. The van der Waals surface area contributed by atoms with Crippen LogP contribution in [0.5, 0.6) is 0 Å². The second-order valence-corrected chi connectivity index (χ2v) is 10.1. The van der Waals surface area contributed by atoms with Crippen LogP contribution in [0.3, 0.4) is 0 Å². The molecule has 4 rings (SSSR count). The lowest BCUT2D eigenvalue weighted by molar-refractivity contribution is -0.142. The Balaban J connectivity index is 0.000000957. The number of carboxylic acids is 1. The zero-order valence-electron chi connectivity index (χ0n) is 24.0. The number of carbonyl (C=O) groups is 1. The van der Waals surface area contributed by atoms with Gasteiger partial charge < -0.3 is 20.3 Å². The van der Waals surface area contributed by atoms with E-state index in [-0.39, 0.29) is 55.9 Å². The number of aliphatic hydroxyl groups is 1. The van der Waals surface area contributed by atoms with Crippen molar-refractivity contribution in [3.63, 3.8) is 0 Å². The van der Waals surface area contributed by atoms with E-state index in [4.69, 9.17) is 21.4 Å². The van der Waals surface area contributed by atoms with Crippen molar-refractivity contribution in [3.05, 3.63) is 107 Å². The Hall–Kier alpha value is -1.91. The third-order valence-corrected chi connectivity index (χ3v) is 7.17. The molecule has 1 fully saturated rings. The fourth-order valence-corrected chi connectivity index (χ4v) is 4.72. The number of piperazine rings is 1. The Labute approximate surface area is 273 Å². The monoisotopic (exact) mass is 661 g/mol. The molecular weight excluding hydrogens is 620 g/mol. The van der Waals surface area contributed by atoms with E-state index in [2.05, 4.69) is 51.5 Å². The van der Waals surface area contributed by atoms with Crippen LogP contribution in [-0.2, 0) is 9.53 Å². The van der Waals surface area contributed by atoms with Crippen LogP contribution >= 0.6 is 48.8 Å². The number of halogens is 4. The van der Waals surface area contributed by atoms with E-state index in [0.29, 0.717) is 6.61 Å². The molecule has 3 aromatic carbocycles. The number of rotatable bonds is 11. The lowest BCUT2D eigenvalue weighted by atomic mass is 9.96. The Morgan fingerprint density at radius 2 is 1.36 bits per heavy atom. The van der Waals surface area contributed by atoms with Crippen molar-refractivity contribution in [2.24, 2.45) is 0 Å². The number of carboxylic acid groups (broad SMARTS) is 1. The van der Waals surface area contributed by atoms with Gasteiger partial charge in [0, 0.05) is 43.8 Å².